The zero-order valence-electron chi connectivity index (χ0n) is 8.88. The highest BCUT2D eigenvalue weighted by Gasteiger charge is 2.08. The van der Waals surface area contributed by atoms with E-state index in [0.29, 0.717) is 20.8 Å². The van der Waals surface area contributed by atoms with Crippen LogP contribution in [-0.4, -0.2) is 0 Å². The Morgan fingerprint density at radius 2 is 1.56 bits per heavy atom. The lowest BCUT2D eigenvalue weighted by Gasteiger charge is -2.07. The van der Waals surface area contributed by atoms with Crippen LogP contribution in [0, 0.1) is 5.82 Å². The van der Waals surface area contributed by atoms with Crippen LogP contribution in [0.1, 0.15) is 0 Å². The summed E-state index contributed by atoms with van der Waals surface area (Å²) in [6, 6.07) is 7.57. The second kappa shape index (κ2) is 5.57. The minimum absolute atomic E-state index is 0.337. The smallest absolute Gasteiger partial charge is 0.124 e. The fourth-order valence-electron chi connectivity index (χ4n) is 1.30. The predicted molar refractivity (Wildman–Crippen MR) is 76.4 cm³/mol. The van der Waals surface area contributed by atoms with Gasteiger partial charge in [0.1, 0.15) is 5.82 Å². The van der Waals surface area contributed by atoms with Gasteiger partial charge in [0.2, 0.25) is 0 Å². The Balaban J connectivity index is 2.34. The first-order chi connectivity index (χ1) is 8.47. The molecule has 0 aliphatic heterocycles. The molecule has 0 bridgehead atoms. The molecule has 0 aliphatic carbocycles. The van der Waals surface area contributed by atoms with E-state index in [1.807, 2.05) is 0 Å². The minimum Gasteiger partial charge on any atom is -0.396 e. The molecule has 2 aromatic rings. The molecule has 0 amide bonds. The average molecular weight is 323 g/mol. The normalized spacial score (nSPS) is 10.7. The molecule has 2 N–H and O–H groups in total. The van der Waals surface area contributed by atoms with Gasteiger partial charge in [-0.15, -0.1) is 0 Å². The molecular formula is C12H7Cl3FNS. The van der Waals surface area contributed by atoms with Crippen LogP contribution >= 0.6 is 46.6 Å². The molecule has 0 fully saturated rings. The minimum atomic E-state index is -0.377. The number of nitrogens with two attached hydrogens (primary N) is 1. The molecule has 18 heavy (non-hydrogen) atoms. The van der Waals surface area contributed by atoms with E-state index in [2.05, 4.69) is 0 Å². The lowest BCUT2D eigenvalue weighted by atomic mass is 10.3. The van der Waals surface area contributed by atoms with E-state index in [4.69, 9.17) is 40.5 Å². The van der Waals surface area contributed by atoms with Gasteiger partial charge in [-0.2, -0.15) is 0 Å². The Hall–Kier alpha value is -0.610. The molecule has 2 aromatic carbocycles. The number of anilines is 1. The largest absolute Gasteiger partial charge is 0.396 e. The predicted octanol–water partition coefficient (Wildman–Crippen LogP) is 5.52. The van der Waals surface area contributed by atoms with E-state index < -0.39 is 0 Å². The molecule has 0 spiro atoms. The molecule has 0 saturated carbocycles. The molecule has 0 saturated heterocycles. The van der Waals surface area contributed by atoms with Crippen LogP contribution in [0.25, 0.3) is 0 Å². The second-order valence-corrected chi connectivity index (χ2v) is 5.81. The van der Waals surface area contributed by atoms with Gasteiger partial charge in [0.25, 0.3) is 0 Å². The van der Waals surface area contributed by atoms with Crippen LogP contribution in [0.5, 0.6) is 0 Å². The summed E-state index contributed by atoms with van der Waals surface area (Å²) in [7, 11) is 0. The van der Waals surface area contributed by atoms with Crippen molar-refractivity contribution in [1.82, 2.24) is 0 Å². The van der Waals surface area contributed by atoms with Crippen LogP contribution in [0.4, 0.5) is 10.1 Å². The summed E-state index contributed by atoms with van der Waals surface area (Å²) in [6.45, 7) is 0. The number of benzene rings is 2. The van der Waals surface area contributed by atoms with E-state index in [9.17, 15) is 4.39 Å². The van der Waals surface area contributed by atoms with Crippen LogP contribution in [0.2, 0.25) is 15.1 Å². The second-order valence-electron chi connectivity index (χ2n) is 3.48. The number of hydrogen-bond acceptors (Lipinski definition) is 2. The average Bonchev–Trinajstić information content (AvgIpc) is 2.29. The Morgan fingerprint density at radius 3 is 2.11 bits per heavy atom. The van der Waals surface area contributed by atoms with Gasteiger partial charge in [0.15, 0.2) is 0 Å². The molecule has 0 aromatic heterocycles. The molecule has 94 valence electrons. The SMILES string of the molecule is Nc1c(Cl)cc(Sc2ccc(F)cc2Cl)cc1Cl. The maximum Gasteiger partial charge on any atom is 0.124 e. The lowest BCUT2D eigenvalue weighted by molar-refractivity contribution is 0.626. The topological polar surface area (TPSA) is 26.0 Å². The van der Waals surface area contributed by atoms with Gasteiger partial charge in [0.05, 0.1) is 20.8 Å². The Labute approximate surface area is 123 Å². The van der Waals surface area contributed by atoms with Gasteiger partial charge in [-0.3, -0.25) is 0 Å². The highest BCUT2D eigenvalue weighted by molar-refractivity contribution is 7.99. The van der Waals surface area contributed by atoms with Crippen molar-refractivity contribution in [2.45, 2.75) is 9.79 Å². The van der Waals surface area contributed by atoms with E-state index >= 15 is 0 Å². The van der Waals surface area contributed by atoms with Crippen LogP contribution in [-0.2, 0) is 0 Å². The zero-order chi connectivity index (χ0) is 13.3. The van der Waals surface area contributed by atoms with Crippen LogP contribution in [0.3, 0.4) is 0 Å². The highest BCUT2D eigenvalue weighted by atomic mass is 35.5. The summed E-state index contributed by atoms with van der Waals surface area (Å²) in [4.78, 5) is 1.50. The van der Waals surface area contributed by atoms with Crippen molar-refractivity contribution in [3.05, 3.63) is 51.2 Å². The van der Waals surface area contributed by atoms with Gasteiger partial charge < -0.3 is 5.73 Å². The van der Waals surface area contributed by atoms with Crippen molar-refractivity contribution in [2.24, 2.45) is 0 Å². The highest BCUT2D eigenvalue weighted by Crippen LogP contribution is 2.38. The molecule has 0 radical (unpaired) electrons. The standard InChI is InChI=1S/C12H7Cl3FNS/c13-8-3-6(16)1-2-11(8)18-7-4-9(14)12(17)10(15)5-7/h1-5H,17H2. The number of nitrogen functional groups attached to an aromatic ring is 1. The monoisotopic (exact) mass is 321 g/mol. The third kappa shape index (κ3) is 3.04. The van der Waals surface area contributed by atoms with Crippen molar-refractivity contribution < 1.29 is 4.39 Å². The van der Waals surface area contributed by atoms with Crippen LogP contribution < -0.4 is 5.73 Å². The van der Waals surface area contributed by atoms with Crippen molar-refractivity contribution >= 4 is 52.3 Å². The van der Waals surface area contributed by atoms with Gasteiger partial charge in [-0.05, 0) is 30.3 Å². The third-order valence-corrected chi connectivity index (χ3v) is 4.27. The Morgan fingerprint density at radius 1 is 0.944 bits per heavy atom. The first-order valence-electron chi connectivity index (χ1n) is 4.85. The summed E-state index contributed by atoms with van der Waals surface area (Å²) in [5.41, 5.74) is 5.99. The molecule has 0 unspecified atom stereocenters. The molecule has 6 heteroatoms. The number of hydrogen-bond donors (Lipinski definition) is 1. The number of halogens is 4. The summed E-state index contributed by atoms with van der Waals surface area (Å²) >= 11 is 19.1. The molecule has 0 atom stereocenters. The van der Waals surface area contributed by atoms with Crippen LogP contribution in [0.15, 0.2) is 40.1 Å². The molecule has 0 heterocycles. The fourth-order valence-corrected chi connectivity index (χ4v) is 3.10. The van der Waals surface area contributed by atoms with E-state index in [1.165, 1.54) is 23.9 Å². The third-order valence-electron chi connectivity index (χ3n) is 2.17. The van der Waals surface area contributed by atoms with Gasteiger partial charge in [0, 0.05) is 9.79 Å². The first-order valence-corrected chi connectivity index (χ1v) is 6.80. The van der Waals surface area contributed by atoms with Crippen molar-refractivity contribution in [3.8, 4) is 0 Å². The van der Waals surface area contributed by atoms with Crippen molar-refractivity contribution in [1.29, 1.82) is 0 Å². The molecule has 0 aliphatic rings. The van der Waals surface area contributed by atoms with E-state index in [-0.39, 0.29) is 5.82 Å². The first kappa shape index (κ1) is 13.8. The summed E-state index contributed by atoms with van der Waals surface area (Å²) in [5.74, 6) is -0.377. The maximum absolute atomic E-state index is 12.9. The molecular weight excluding hydrogens is 316 g/mol. The summed E-state index contributed by atoms with van der Waals surface area (Å²) in [5, 5.41) is 1.09. The van der Waals surface area contributed by atoms with Gasteiger partial charge >= 0.3 is 0 Å². The lowest BCUT2D eigenvalue weighted by Crippen LogP contribution is -1.88. The molecule has 1 nitrogen and oxygen atoms in total. The van der Waals surface area contributed by atoms with Gasteiger partial charge in [-0.25, -0.2) is 4.39 Å². The van der Waals surface area contributed by atoms with Crippen molar-refractivity contribution in [2.75, 3.05) is 5.73 Å². The quantitative estimate of drug-likeness (QED) is 0.737. The molecule has 2 rings (SSSR count). The van der Waals surface area contributed by atoms with E-state index in [0.717, 1.165) is 9.79 Å². The van der Waals surface area contributed by atoms with E-state index in [1.54, 1.807) is 18.2 Å². The summed E-state index contributed by atoms with van der Waals surface area (Å²) < 4.78 is 12.9. The van der Waals surface area contributed by atoms with Crippen molar-refractivity contribution in [3.63, 3.8) is 0 Å². The summed E-state index contributed by atoms with van der Waals surface area (Å²) in [6.07, 6.45) is 0. The number of rotatable bonds is 2. The fraction of sp³-hybridized carbons (Fsp3) is 0. The maximum atomic E-state index is 12.9. The Bertz CT molecular complexity index is 581. The zero-order valence-corrected chi connectivity index (χ0v) is 12.0. The Kier molecular flexibility index (Phi) is 4.28. The van der Waals surface area contributed by atoms with Gasteiger partial charge in [-0.1, -0.05) is 46.6 Å².